The molecule has 0 saturated heterocycles. The van der Waals surface area contributed by atoms with Crippen molar-refractivity contribution >= 4 is 11.6 Å². The summed E-state index contributed by atoms with van der Waals surface area (Å²) in [5.41, 5.74) is 6.73. The van der Waals surface area contributed by atoms with Crippen LogP contribution in [-0.4, -0.2) is 28.4 Å². The largest absolute Gasteiger partial charge is 0.520 e. The molecule has 0 saturated carbocycles. The molecule has 2 rings (SSSR count). The van der Waals surface area contributed by atoms with Crippen LogP contribution >= 0.6 is 0 Å². The maximum absolute atomic E-state index is 12.1. The van der Waals surface area contributed by atoms with Crippen molar-refractivity contribution in [3.05, 3.63) is 71.9 Å². The summed E-state index contributed by atoms with van der Waals surface area (Å²) >= 11 is 0. The Bertz CT molecular complexity index is 747. The first-order valence-electron chi connectivity index (χ1n) is 6.77. The van der Waals surface area contributed by atoms with Gasteiger partial charge in [0, 0.05) is 25.8 Å². The van der Waals surface area contributed by atoms with Crippen LogP contribution in [0.1, 0.15) is 10.4 Å². The van der Waals surface area contributed by atoms with Crippen LogP contribution in [-0.2, 0) is 25.8 Å². The van der Waals surface area contributed by atoms with Crippen molar-refractivity contribution in [1.29, 1.82) is 0 Å². The molecule has 1 aromatic heterocycles. The van der Waals surface area contributed by atoms with Crippen molar-refractivity contribution < 1.29 is 41.6 Å². The van der Waals surface area contributed by atoms with Crippen LogP contribution in [0.2, 0.25) is 0 Å². The van der Waals surface area contributed by atoms with Gasteiger partial charge in [0.05, 0.1) is 11.4 Å². The van der Waals surface area contributed by atoms with Crippen LogP contribution in [0.4, 0.5) is 5.69 Å². The molecular weight excluding hydrogens is 355 g/mol. The van der Waals surface area contributed by atoms with E-state index in [4.69, 9.17) is 12.3 Å². The van der Waals surface area contributed by atoms with Gasteiger partial charge in [0.2, 0.25) is 0 Å². The van der Waals surface area contributed by atoms with Crippen LogP contribution < -0.4 is 16.6 Å². The third kappa shape index (κ3) is 6.41. The third-order valence-electron chi connectivity index (χ3n) is 3.17. The summed E-state index contributed by atoms with van der Waals surface area (Å²) in [6.07, 6.45) is 1.37. The van der Waals surface area contributed by atoms with Crippen LogP contribution in [0.3, 0.4) is 0 Å². The number of anilines is 1. The monoisotopic (exact) mass is 376 g/mol. The van der Waals surface area contributed by atoms with Crippen molar-refractivity contribution in [3.63, 3.8) is 0 Å². The fraction of sp³-hybridized carbons (Fsp3) is 0.118. The zero-order chi connectivity index (χ0) is 16.1. The Morgan fingerprint density at radius 2 is 1.92 bits per heavy atom. The Labute approximate surface area is 164 Å². The minimum Gasteiger partial charge on any atom is -0.520 e. The summed E-state index contributed by atoms with van der Waals surface area (Å²) in [6.45, 7) is 9.25. The van der Waals surface area contributed by atoms with Crippen molar-refractivity contribution in [1.82, 2.24) is 10.3 Å². The van der Waals surface area contributed by atoms with Gasteiger partial charge in [-0.05, 0) is 18.2 Å². The number of benzene rings is 1. The average molecular weight is 376 g/mol. The van der Waals surface area contributed by atoms with Crippen LogP contribution in [0.5, 0.6) is 0 Å². The number of pyridine rings is 1. The first-order valence-corrected chi connectivity index (χ1v) is 6.77. The smallest absolute Gasteiger partial charge is 0.263 e. The summed E-state index contributed by atoms with van der Waals surface area (Å²) in [5, 5.41) is 2.58. The van der Waals surface area contributed by atoms with Crippen molar-refractivity contribution in [2.45, 2.75) is 0 Å². The van der Waals surface area contributed by atoms with Gasteiger partial charge in [-0.25, -0.2) is 0 Å². The number of nitrogen functional groups attached to an aromatic ring is 1. The quantitative estimate of drug-likeness (QED) is 0.637. The SMILES string of the molecule is O.O.[CH-]=CC([CH2-])CNC(=O)c1c(N)cc(-c2ccccc2)[nH]c1=O.[Sc]. The van der Waals surface area contributed by atoms with Gasteiger partial charge < -0.3 is 40.5 Å². The van der Waals surface area contributed by atoms with E-state index in [1.165, 1.54) is 6.08 Å². The Balaban J connectivity index is 0. The van der Waals surface area contributed by atoms with Crippen LogP contribution in [0, 0.1) is 19.4 Å². The molecule has 0 fully saturated rings. The molecule has 2 aromatic rings. The molecule has 0 aliphatic rings. The zero-order valence-corrected chi connectivity index (χ0v) is 15.4. The Hall–Kier alpha value is -2.03. The fourth-order valence-electron chi connectivity index (χ4n) is 1.97. The molecule has 8 N–H and O–H groups in total. The fourth-order valence-corrected chi connectivity index (χ4v) is 1.97. The minimum absolute atomic E-state index is 0. The van der Waals surface area contributed by atoms with Crippen LogP contribution in [0.25, 0.3) is 11.3 Å². The topological polar surface area (TPSA) is 151 Å². The molecule has 1 radical (unpaired) electrons. The zero-order valence-electron chi connectivity index (χ0n) is 13.6. The van der Waals surface area contributed by atoms with E-state index >= 15 is 0 Å². The second-order valence-electron chi connectivity index (χ2n) is 4.87. The molecule has 1 heterocycles. The molecule has 133 valence electrons. The number of nitrogens with two attached hydrogens (primary N) is 1. The van der Waals surface area contributed by atoms with Gasteiger partial charge in [0.25, 0.3) is 11.5 Å². The number of aromatic nitrogens is 1. The normalized spacial score (nSPS) is 10.3. The molecule has 0 aliphatic heterocycles. The van der Waals surface area contributed by atoms with E-state index in [1.807, 2.05) is 30.3 Å². The molecule has 0 bridgehead atoms. The van der Waals surface area contributed by atoms with Gasteiger partial charge in [0.15, 0.2) is 0 Å². The third-order valence-corrected chi connectivity index (χ3v) is 3.17. The molecule has 0 aliphatic carbocycles. The van der Waals surface area contributed by atoms with Crippen molar-refractivity contribution in [2.75, 3.05) is 12.3 Å². The molecule has 1 unspecified atom stereocenters. The Morgan fingerprint density at radius 3 is 2.44 bits per heavy atom. The van der Waals surface area contributed by atoms with E-state index in [2.05, 4.69) is 17.2 Å². The minimum atomic E-state index is -0.547. The maximum atomic E-state index is 12.1. The van der Waals surface area contributed by atoms with E-state index in [0.717, 1.165) is 5.56 Å². The van der Waals surface area contributed by atoms with Gasteiger partial charge >= 0.3 is 0 Å². The van der Waals surface area contributed by atoms with Crippen LogP contribution in [0.15, 0.2) is 47.3 Å². The van der Waals surface area contributed by atoms with E-state index in [-0.39, 0.29) is 60.5 Å². The Kier molecular flexibility index (Phi) is 11.6. The summed E-state index contributed by atoms with van der Waals surface area (Å²) in [5.74, 6) is -0.790. The Morgan fingerprint density at radius 1 is 1.32 bits per heavy atom. The van der Waals surface area contributed by atoms with E-state index in [1.54, 1.807) is 6.07 Å². The molecule has 1 aromatic carbocycles. The number of aromatic amines is 1. The van der Waals surface area contributed by atoms with Gasteiger partial charge in [-0.15, -0.1) is 0 Å². The predicted octanol–water partition coefficient (Wildman–Crippen LogP) is 0.141. The van der Waals surface area contributed by atoms with Crippen molar-refractivity contribution in [2.24, 2.45) is 5.92 Å². The number of carbonyl (C=O) groups is 1. The molecule has 1 amide bonds. The number of amides is 1. The maximum Gasteiger partial charge on any atom is 0.263 e. The number of carbonyl (C=O) groups excluding carboxylic acids is 1. The molecule has 25 heavy (non-hydrogen) atoms. The van der Waals surface area contributed by atoms with Gasteiger partial charge in [-0.2, -0.15) is 5.92 Å². The molecule has 8 heteroatoms. The summed E-state index contributed by atoms with van der Waals surface area (Å²) in [4.78, 5) is 26.9. The van der Waals surface area contributed by atoms with Gasteiger partial charge in [0.1, 0.15) is 5.56 Å². The number of nitrogens with one attached hydrogen (secondary N) is 2. The number of hydrogen-bond donors (Lipinski definition) is 3. The molecule has 0 spiro atoms. The first-order chi connectivity index (χ1) is 10.5. The number of hydrogen-bond acceptors (Lipinski definition) is 3. The summed E-state index contributed by atoms with van der Waals surface area (Å²) < 4.78 is 0. The molecular formula is C17H21N3O4Sc-2. The summed E-state index contributed by atoms with van der Waals surface area (Å²) in [6, 6.07) is 10.8. The van der Waals surface area contributed by atoms with E-state index < -0.39 is 11.5 Å². The van der Waals surface area contributed by atoms with Gasteiger partial charge in [-0.3, -0.25) is 15.7 Å². The van der Waals surface area contributed by atoms with E-state index in [9.17, 15) is 9.59 Å². The average Bonchev–Trinajstić information content (AvgIpc) is 2.52. The molecule has 1 atom stereocenters. The second kappa shape index (κ2) is 11.5. The molecule has 7 nitrogen and oxygen atoms in total. The summed E-state index contributed by atoms with van der Waals surface area (Å²) in [7, 11) is 0. The predicted molar refractivity (Wildman–Crippen MR) is 94.2 cm³/mol. The standard InChI is InChI=1S/C17H17N3O2.2H2O.Sc/c1-3-11(2)10-19-16(21)15-13(18)9-14(20-17(15)22)12-7-5-4-6-8-12;;;/h1,3-9,11H,2,10H2,(H,19,21)(H3,18,20,22);2*1H2;/q-2;;;. The second-order valence-corrected chi connectivity index (χ2v) is 4.87. The number of H-pyrrole nitrogens is 1. The van der Waals surface area contributed by atoms with E-state index in [0.29, 0.717) is 5.69 Å². The first kappa shape index (κ1) is 25.2. The number of rotatable bonds is 5. The van der Waals surface area contributed by atoms with Gasteiger partial charge in [-0.1, -0.05) is 30.3 Å². The van der Waals surface area contributed by atoms with Crippen molar-refractivity contribution in [3.8, 4) is 11.3 Å².